The third-order valence-corrected chi connectivity index (χ3v) is 1.85. The average Bonchev–Trinajstić information content (AvgIpc) is 1.95. The van der Waals surface area contributed by atoms with Gasteiger partial charge < -0.3 is 20.6 Å². The second-order valence-electron chi connectivity index (χ2n) is 2.59. The van der Waals surface area contributed by atoms with E-state index in [1.807, 2.05) is 0 Å². The maximum absolute atomic E-state index is 9.16. The van der Waals surface area contributed by atoms with E-state index in [4.69, 9.17) is 15.3 Å². The summed E-state index contributed by atoms with van der Waals surface area (Å²) >= 11 is 0. The van der Waals surface area contributed by atoms with Crippen LogP contribution >= 0.6 is 0 Å². The summed E-state index contributed by atoms with van der Waals surface area (Å²) in [5, 5.41) is 29.8. The van der Waals surface area contributed by atoms with Crippen LogP contribution in [-0.2, 0) is 0 Å². The summed E-state index contributed by atoms with van der Waals surface area (Å²) in [5.41, 5.74) is 0. The average molecular weight is 147 g/mol. The predicted molar refractivity (Wildman–Crippen MR) is 35.5 cm³/mol. The molecule has 0 radical (unpaired) electrons. The van der Waals surface area contributed by atoms with E-state index in [2.05, 4.69) is 5.32 Å². The summed E-state index contributed by atoms with van der Waals surface area (Å²) in [5.74, 6) is 0. The molecule has 0 saturated carbocycles. The van der Waals surface area contributed by atoms with Gasteiger partial charge in [0, 0.05) is 0 Å². The van der Waals surface area contributed by atoms with Crippen LogP contribution in [0.1, 0.15) is 6.42 Å². The third kappa shape index (κ3) is 1.46. The molecule has 10 heavy (non-hydrogen) atoms. The van der Waals surface area contributed by atoms with Gasteiger partial charge in [0.25, 0.3) is 0 Å². The third-order valence-electron chi connectivity index (χ3n) is 1.85. The molecule has 1 aliphatic rings. The molecule has 1 saturated heterocycles. The van der Waals surface area contributed by atoms with Crippen molar-refractivity contribution in [1.29, 1.82) is 0 Å². The second kappa shape index (κ2) is 3.30. The van der Waals surface area contributed by atoms with Crippen LogP contribution in [0.3, 0.4) is 0 Å². The number of aliphatic hydroxyl groups is 3. The zero-order valence-corrected chi connectivity index (χ0v) is 5.70. The summed E-state index contributed by atoms with van der Waals surface area (Å²) in [4.78, 5) is 0. The number of nitrogens with one attached hydrogen (secondary N) is 1. The molecule has 0 spiro atoms. The second-order valence-corrected chi connectivity index (χ2v) is 2.59. The van der Waals surface area contributed by atoms with Gasteiger partial charge in [0.05, 0.1) is 24.9 Å². The highest BCUT2D eigenvalue weighted by molar-refractivity contribution is 4.85. The summed E-state index contributed by atoms with van der Waals surface area (Å²) in [6, 6.07) is -0.358. The van der Waals surface area contributed by atoms with E-state index in [-0.39, 0.29) is 12.6 Å². The highest BCUT2D eigenvalue weighted by Crippen LogP contribution is 2.08. The molecule has 0 bridgehead atoms. The van der Waals surface area contributed by atoms with Crippen LogP contribution in [0.2, 0.25) is 0 Å². The highest BCUT2D eigenvalue weighted by atomic mass is 16.3. The van der Waals surface area contributed by atoms with Crippen molar-refractivity contribution in [3.8, 4) is 0 Å². The van der Waals surface area contributed by atoms with Gasteiger partial charge in [-0.05, 0) is 13.0 Å². The lowest BCUT2D eigenvalue weighted by Crippen LogP contribution is -2.54. The van der Waals surface area contributed by atoms with Gasteiger partial charge in [-0.15, -0.1) is 0 Å². The number of hydrogen-bond acceptors (Lipinski definition) is 4. The van der Waals surface area contributed by atoms with Crippen LogP contribution in [-0.4, -0.2) is 46.7 Å². The summed E-state index contributed by atoms with van der Waals surface area (Å²) in [7, 11) is 0. The minimum atomic E-state index is -0.821. The van der Waals surface area contributed by atoms with Gasteiger partial charge in [0.1, 0.15) is 0 Å². The van der Waals surface area contributed by atoms with Gasteiger partial charge in [-0.25, -0.2) is 0 Å². The molecule has 3 atom stereocenters. The van der Waals surface area contributed by atoms with Crippen LogP contribution < -0.4 is 5.32 Å². The van der Waals surface area contributed by atoms with E-state index < -0.39 is 12.2 Å². The molecule has 1 fully saturated rings. The first-order valence-corrected chi connectivity index (χ1v) is 3.46. The van der Waals surface area contributed by atoms with Crippen molar-refractivity contribution in [1.82, 2.24) is 5.32 Å². The molecule has 0 amide bonds. The minimum absolute atomic E-state index is 0.127. The monoisotopic (exact) mass is 147 g/mol. The summed E-state index contributed by atoms with van der Waals surface area (Å²) in [6.07, 6.45) is -0.949. The summed E-state index contributed by atoms with van der Waals surface area (Å²) in [6.45, 7) is 0.529. The Labute approximate surface area is 59.5 Å². The first-order valence-electron chi connectivity index (χ1n) is 3.46. The Morgan fingerprint density at radius 3 is 2.60 bits per heavy atom. The molecule has 0 aliphatic carbocycles. The number of rotatable bonds is 1. The van der Waals surface area contributed by atoms with E-state index in [9.17, 15) is 0 Å². The maximum Gasteiger partial charge on any atom is 0.0974 e. The number of piperidine rings is 1. The molecule has 4 heteroatoms. The molecule has 4 N–H and O–H groups in total. The summed E-state index contributed by atoms with van der Waals surface area (Å²) < 4.78 is 0. The van der Waals surface area contributed by atoms with Crippen LogP contribution in [0.4, 0.5) is 0 Å². The molecule has 1 heterocycles. The Morgan fingerprint density at radius 1 is 1.40 bits per heavy atom. The molecular weight excluding hydrogens is 134 g/mol. The van der Waals surface area contributed by atoms with Crippen molar-refractivity contribution in [2.75, 3.05) is 13.2 Å². The van der Waals surface area contributed by atoms with Crippen molar-refractivity contribution in [3.05, 3.63) is 0 Å². The molecular formula is C6H13NO3. The molecule has 0 aromatic carbocycles. The van der Waals surface area contributed by atoms with Crippen molar-refractivity contribution in [3.63, 3.8) is 0 Å². The SMILES string of the molecule is OC[C@H]1NCC[C@@H](O)C1O. The van der Waals surface area contributed by atoms with Gasteiger partial charge in [0.15, 0.2) is 0 Å². The van der Waals surface area contributed by atoms with Crippen molar-refractivity contribution < 1.29 is 15.3 Å². The van der Waals surface area contributed by atoms with Crippen LogP contribution in [0.15, 0.2) is 0 Å². The van der Waals surface area contributed by atoms with Crippen molar-refractivity contribution in [2.24, 2.45) is 0 Å². The fraction of sp³-hybridized carbons (Fsp3) is 1.00. The van der Waals surface area contributed by atoms with Gasteiger partial charge in [-0.2, -0.15) is 0 Å². The molecule has 1 rings (SSSR count). The van der Waals surface area contributed by atoms with Gasteiger partial charge in [-0.3, -0.25) is 0 Å². The molecule has 1 aliphatic heterocycles. The maximum atomic E-state index is 9.16. The quantitative estimate of drug-likeness (QED) is 0.348. The van der Waals surface area contributed by atoms with Crippen molar-refractivity contribution in [2.45, 2.75) is 24.7 Å². The molecule has 0 aromatic heterocycles. The fourth-order valence-corrected chi connectivity index (χ4v) is 1.15. The largest absolute Gasteiger partial charge is 0.395 e. The predicted octanol–water partition coefficient (Wildman–Crippen LogP) is -1.94. The molecule has 0 aromatic rings. The van der Waals surface area contributed by atoms with Crippen LogP contribution in [0.5, 0.6) is 0 Å². The van der Waals surface area contributed by atoms with Gasteiger partial charge in [0.2, 0.25) is 0 Å². The van der Waals surface area contributed by atoms with Crippen LogP contribution in [0, 0.1) is 0 Å². The lowest BCUT2D eigenvalue weighted by molar-refractivity contribution is -0.0382. The van der Waals surface area contributed by atoms with E-state index in [1.165, 1.54) is 0 Å². The van der Waals surface area contributed by atoms with Gasteiger partial charge >= 0.3 is 0 Å². The highest BCUT2D eigenvalue weighted by Gasteiger charge is 2.28. The topological polar surface area (TPSA) is 72.7 Å². The number of aliphatic hydroxyl groups excluding tert-OH is 3. The Kier molecular flexibility index (Phi) is 2.62. The Balaban J connectivity index is 2.42. The Morgan fingerprint density at radius 2 is 2.10 bits per heavy atom. The van der Waals surface area contributed by atoms with Gasteiger partial charge in [-0.1, -0.05) is 0 Å². The zero-order valence-electron chi connectivity index (χ0n) is 5.70. The Bertz CT molecular complexity index is 109. The minimum Gasteiger partial charge on any atom is -0.395 e. The lowest BCUT2D eigenvalue weighted by atomic mass is 9.99. The van der Waals surface area contributed by atoms with E-state index in [0.717, 1.165) is 0 Å². The fourth-order valence-electron chi connectivity index (χ4n) is 1.15. The first-order chi connectivity index (χ1) is 4.75. The molecule has 60 valence electrons. The van der Waals surface area contributed by atoms with E-state index in [1.54, 1.807) is 0 Å². The van der Waals surface area contributed by atoms with Crippen LogP contribution in [0.25, 0.3) is 0 Å². The number of hydrogen-bond donors (Lipinski definition) is 4. The Hall–Kier alpha value is -0.160. The lowest BCUT2D eigenvalue weighted by Gasteiger charge is -2.31. The smallest absolute Gasteiger partial charge is 0.0974 e. The van der Waals surface area contributed by atoms with E-state index >= 15 is 0 Å². The molecule has 1 unspecified atom stereocenters. The van der Waals surface area contributed by atoms with E-state index in [0.29, 0.717) is 13.0 Å². The molecule has 4 nitrogen and oxygen atoms in total. The van der Waals surface area contributed by atoms with Crippen molar-refractivity contribution >= 4 is 0 Å². The standard InChI is InChI=1S/C6H13NO3/c8-3-4-6(10)5(9)1-2-7-4/h4-10H,1-3H2/t4-,5-,6?/m1/s1. The zero-order chi connectivity index (χ0) is 7.56. The first kappa shape index (κ1) is 7.94. The normalized spacial score (nSPS) is 41.7.